The second kappa shape index (κ2) is 6.34. The summed E-state index contributed by atoms with van der Waals surface area (Å²) in [6.45, 7) is 5.81. The maximum absolute atomic E-state index is 4.39. The molecule has 0 aliphatic rings. The van der Waals surface area contributed by atoms with E-state index in [9.17, 15) is 0 Å². The summed E-state index contributed by atoms with van der Waals surface area (Å²) in [5, 5.41) is 5.41. The summed E-state index contributed by atoms with van der Waals surface area (Å²) in [5.41, 5.74) is 2.36. The summed E-state index contributed by atoms with van der Waals surface area (Å²) < 4.78 is 1.16. The van der Waals surface area contributed by atoms with E-state index in [2.05, 4.69) is 61.5 Å². The van der Waals surface area contributed by atoms with Crippen molar-refractivity contribution >= 4 is 38.9 Å². The molecule has 0 bridgehead atoms. The Bertz CT molecular complexity index is 555. The molecule has 2 heterocycles. The standard InChI is InChI=1S/C13H17BrN4S/c1-4-15-12-9(2)13(17-8-16-12)18(3)6-10-5-11(14)19-7-10/h5,7-8H,4,6H2,1-3H3,(H,15,16,17). The number of halogens is 1. The molecule has 1 N–H and O–H groups in total. The molecule has 0 spiro atoms. The van der Waals surface area contributed by atoms with Gasteiger partial charge in [-0.1, -0.05) is 0 Å². The average Bonchev–Trinajstić information content (AvgIpc) is 2.77. The quantitative estimate of drug-likeness (QED) is 0.901. The van der Waals surface area contributed by atoms with Crippen LogP contribution >= 0.6 is 27.3 Å². The van der Waals surface area contributed by atoms with Crippen molar-refractivity contribution in [2.75, 3.05) is 23.8 Å². The van der Waals surface area contributed by atoms with Crippen molar-refractivity contribution in [2.45, 2.75) is 20.4 Å². The highest BCUT2D eigenvalue weighted by Gasteiger charge is 2.11. The lowest BCUT2D eigenvalue weighted by molar-refractivity contribution is 0.884. The minimum Gasteiger partial charge on any atom is -0.370 e. The highest BCUT2D eigenvalue weighted by Crippen LogP contribution is 2.25. The molecule has 2 aromatic rings. The number of hydrogen-bond acceptors (Lipinski definition) is 5. The van der Waals surface area contributed by atoms with Crippen LogP contribution in [0.2, 0.25) is 0 Å². The van der Waals surface area contributed by atoms with Gasteiger partial charge in [-0.05, 0) is 46.8 Å². The number of rotatable bonds is 5. The third-order valence-electron chi connectivity index (χ3n) is 2.80. The van der Waals surface area contributed by atoms with Crippen molar-refractivity contribution in [3.63, 3.8) is 0 Å². The second-order valence-electron chi connectivity index (χ2n) is 4.32. The lowest BCUT2D eigenvalue weighted by Crippen LogP contribution is -2.19. The van der Waals surface area contributed by atoms with Gasteiger partial charge in [-0.25, -0.2) is 9.97 Å². The highest BCUT2D eigenvalue weighted by atomic mass is 79.9. The van der Waals surface area contributed by atoms with Gasteiger partial charge in [0.2, 0.25) is 0 Å². The van der Waals surface area contributed by atoms with Gasteiger partial charge in [-0.3, -0.25) is 0 Å². The van der Waals surface area contributed by atoms with E-state index in [1.165, 1.54) is 5.56 Å². The lowest BCUT2D eigenvalue weighted by Gasteiger charge is -2.20. The molecule has 4 nitrogen and oxygen atoms in total. The van der Waals surface area contributed by atoms with Crippen molar-refractivity contribution in [3.8, 4) is 0 Å². The average molecular weight is 341 g/mol. The molecule has 2 rings (SSSR count). The van der Waals surface area contributed by atoms with E-state index < -0.39 is 0 Å². The Morgan fingerprint density at radius 2 is 2.21 bits per heavy atom. The molecule has 0 aliphatic heterocycles. The first-order valence-corrected chi connectivity index (χ1v) is 7.78. The van der Waals surface area contributed by atoms with Gasteiger partial charge in [0.1, 0.15) is 18.0 Å². The second-order valence-corrected chi connectivity index (χ2v) is 6.61. The van der Waals surface area contributed by atoms with Crippen LogP contribution in [0.1, 0.15) is 18.1 Å². The number of aromatic nitrogens is 2. The van der Waals surface area contributed by atoms with Crippen LogP contribution in [0.25, 0.3) is 0 Å². The number of nitrogens with zero attached hydrogens (tertiary/aromatic N) is 3. The largest absolute Gasteiger partial charge is 0.370 e. The molecule has 0 fully saturated rings. The fourth-order valence-electron chi connectivity index (χ4n) is 1.95. The molecule has 2 aromatic heterocycles. The molecule has 19 heavy (non-hydrogen) atoms. The van der Waals surface area contributed by atoms with Crippen LogP contribution in [-0.4, -0.2) is 23.6 Å². The fraction of sp³-hybridized carbons (Fsp3) is 0.385. The number of nitrogens with one attached hydrogen (secondary N) is 1. The Balaban J connectivity index is 2.18. The summed E-state index contributed by atoms with van der Waals surface area (Å²) in [5.74, 6) is 1.87. The first-order chi connectivity index (χ1) is 9.11. The Kier molecular flexibility index (Phi) is 4.76. The van der Waals surface area contributed by atoms with E-state index in [1.54, 1.807) is 17.7 Å². The van der Waals surface area contributed by atoms with Gasteiger partial charge in [0.25, 0.3) is 0 Å². The molecule has 0 saturated carbocycles. The van der Waals surface area contributed by atoms with Gasteiger partial charge >= 0.3 is 0 Å². The van der Waals surface area contributed by atoms with Crippen LogP contribution in [0, 0.1) is 6.92 Å². The molecule has 0 unspecified atom stereocenters. The van der Waals surface area contributed by atoms with Gasteiger partial charge in [-0.15, -0.1) is 11.3 Å². The van der Waals surface area contributed by atoms with Crippen LogP contribution in [0.3, 0.4) is 0 Å². The molecule has 0 aliphatic carbocycles. The third-order valence-corrected chi connectivity index (χ3v) is 4.36. The van der Waals surface area contributed by atoms with Gasteiger partial charge in [0.15, 0.2) is 0 Å². The van der Waals surface area contributed by atoms with Gasteiger partial charge in [-0.2, -0.15) is 0 Å². The molecule has 0 saturated heterocycles. The number of anilines is 2. The first kappa shape index (κ1) is 14.3. The van der Waals surface area contributed by atoms with E-state index in [1.807, 2.05) is 6.92 Å². The number of hydrogen-bond donors (Lipinski definition) is 1. The van der Waals surface area contributed by atoms with E-state index in [4.69, 9.17) is 0 Å². The minimum atomic E-state index is 0.839. The summed E-state index contributed by atoms with van der Waals surface area (Å²) in [6, 6.07) is 2.14. The van der Waals surface area contributed by atoms with Crippen LogP contribution < -0.4 is 10.2 Å². The van der Waals surface area contributed by atoms with Gasteiger partial charge in [0, 0.05) is 25.7 Å². The summed E-state index contributed by atoms with van der Waals surface area (Å²) in [7, 11) is 2.05. The zero-order valence-electron chi connectivity index (χ0n) is 11.3. The van der Waals surface area contributed by atoms with Crippen molar-refractivity contribution in [2.24, 2.45) is 0 Å². The maximum atomic E-state index is 4.39. The van der Waals surface area contributed by atoms with Gasteiger partial charge in [0.05, 0.1) is 3.79 Å². The SMILES string of the molecule is CCNc1ncnc(N(C)Cc2csc(Br)c2)c1C. The van der Waals surface area contributed by atoms with Crippen LogP contribution in [-0.2, 0) is 6.54 Å². The third kappa shape index (κ3) is 3.45. The molecular weight excluding hydrogens is 324 g/mol. The Morgan fingerprint density at radius 1 is 1.42 bits per heavy atom. The van der Waals surface area contributed by atoms with E-state index in [0.29, 0.717) is 0 Å². The molecule has 6 heteroatoms. The topological polar surface area (TPSA) is 41.1 Å². The summed E-state index contributed by atoms with van der Waals surface area (Å²) >= 11 is 5.19. The smallest absolute Gasteiger partial charge is 0.137 e. The normalized spacial score (nSPS) is 10.5. The minimum absolute atomic E-state index is 0.839. The first-order valence-electron chi connectivity index (χ1n) is 6.11. The van der Waals surface area contributed by atoms with Crippen molar-refractivity contribution < 1.29 is 0 Å². The molecule has 0 aromatic carbocycles. The maximum Gasteiger partial charge on any atom is 0.137 e. The zero-order valence-corrected chi connectivity index (χ0v) is 13.7. The summed E-state index contributed by atoms with van der Waals surface area (Å²) in [6.07, 6.45) is 1.61. The Hall–Kier alpha value is -1.14. The fourth-order valence-corrected chi connectivity index (χ4v) is 3.15. The molecule has 0 atom stereocenters. The molecule has 102 valence electrons. The predicted octanol–water partition coefficient (Wildman–Crippen LogP) is 3.68. The van der Waals surface area contributed by atoms with E-state index in [0.717, 1.165) is 34.1 Å². The van der Waals surface area contributed by atoms with Crippen LogP contribution in [0.5, 0.6) is 0 Å². The van der Waals surface area contributed by atoms with Crippen molar-refractivity contribution in [3.05, 3.63) is 32.7 Å². The Morgan fingerprint density at radius 3 is 2.84 bits per heavy atom. The van der Waals surface area contributed by atoms with Crippen molar-refractivity contribution in [1.29, 1.82) is 0 Å². The highest BCUT2D eigenvalue weighted by molar-refractivity contribution is 9.11. The van der Waals surface area contributed by atoms with Gasteiger partial charge < -0.3 is 10.2 Å². The summed E-state index contributed by atoms with van der Waals surface area (Å²) in [4.78, 5) is 10.8. The van der Waals surface area contributed by atoms with E-state index >= 15 is 0 Å². The molecule has 0 amide bonds. The monoisotopic (exact) mass is 340 g/mol. The van der Waals surface area contributed by atoms with Crippen LogP contribution in [0.15, 0.2) is 21.6 Å². The van der Waals surface area contributed by atoms with Crippen LogP contribution in [0.4, 0.5) is 11.6 Å². The molecular formula is C13H17BrN4S. The predicted molar refractivity (Wildman–Crippen MR) is 85.1 cm³/mol. The van der Waals surface area contributed by atoms with E-state index in [-0.39, 0.29) is 0 Å². The zero-order chi connectivity index (χ0) is 13.8. The molecule has 0 radical (unpaired) electrons. The lowest BCUT2D eigenvalue weighted by atomic mass is 10.2. The Labute approximate surface area is 126 Å². The van der Waals surface area contributed by atoms with Crippen molar-refractivity contribution in [1.82, 2.24) is 9.97 Å². The number of thiophene rings is 1.